The fraction of sp³-hybridized carbons (Fsp3) is 0.200. The lowest BCUT2D eigenvalue weighted by Crippen LogP contribution is -2.28. The molecule has 0 atom stereocenters. The second-order valence-electron chi connectivity index (χ2n) is 4.51. The molecular formula is C15H13F4N. The maximum Gasteiger partial charge on any atom is 0.256 e. The van der Waals surface area contributed by atoms with Crippen LogP contribution >= 0.6 is 0 Å². The third-order valence-electron chi connectivity index (χ3n) is 3.04. The number of alkyl halides is 2. The lowest BCUT2D eigenvalue weighted by Gasteiger charge is -2.32. The summed E-state index contributed by atoms with van der Waals surface area (Å²) in [6.07, 6.45) is 0.655. The van der Waals surface area contributed by atoms with Crippen molar-refractivity contribution in [2.24, 2.45) is 0 Å². The molecule has 0 unspecified atom stereocenters. The summed E-state index contributed by atoms with van der Waals surface area (Å²) in [5, 5.41) is 0. The summed E-state index contributed by atoms with van der Waals surface area (Å²) in [7, 11) is 0. The molecule has 0 saturated carbocycles. The van der Waals surface area contributed by atoms with Crippen LogP contribution < -0.4 is 0 Å². The first-order chi connectivity index (χ1) is 9.38. The molecule has 1 aromatic rings. The Morgan fingerprint density at radius 1 is 1.10 bits per heavy atom. The first kappa shape index (κ1) is 14.4. The van der Waals surface area contributed by atoms with Gasteiger partial charge in [0.05, 0.1) is 6.54 Å². The molecule has 0 aliphatic carbocycles. The van der Waals surface area contributed by atoms with Crippen molar-refractivity contribution >= 4 is 5.70 Å². The highest BCUT2D eigenvalue weighted by Crippen LogP contribution is 2.31. The highest BCUT2D eigenvalue weighted by atomic mass is 19.3. The van der Waals surface area contributed by atoms with Crippen molar-refractivity contribution in [2.75, 3.05) is 6.54 Å². The summed E-state index contributed by atoms with van der Waals surface area (Å²) in [5.41, 5.74) is 1.63. The zero-order valence-corrected chi connectivity index (χ0v) is 10.8. The number of benzene rings is 1. The number of rotatable bonds is 3. The Labute approximate surface area is 114 Å². The number of hydrogen-bond acceptors (Lipinski definition) is 1. The van der Waals surface area contributed by atoms with Crippen molar-refractivity contribution in [1.29, 1.82) is 0 Å². The minimum atomic E-state index is -2.58. The normalized spacial score (nSPS) is 15.5. The van der Waals surface area contributed by atoms with Crippen molar-refractivity contribution in [3.05, 3.63) is 65.4 Å². The highest BCUT2D eigenvalue weighted by molar-refractivity contribution is 5.70. The Balaban J connectivity index is 2.47. The monoisotopic (exact) mass is 283 g/mol. The van der Waals surface area contributed by atoms with Gasteiger partial charge in [-0.05, 0) is 30.7 Å². The van der Waals surface area contributed by atoms with Gasteiger partial charge in [0.1, 0.15) is 11.6 Å². The molecule has 1 nitrogen and oxygen atoms in total. The van der Waals surface area contributed by atoms with E-state index in [0.717, 1.165) is 23.8 Å². The number of hydrogen-bond donors (Lipinski definition) is 0. The minimum Gasteiger partial charge on any atom is -0.336 e. The van der Waals surface area contributed by atoms with E-state index in [1.54, 1.807) is 19.1 Å². The molecule has 1 heterocycles. The maximum absolute atomic E-state index is 13.3. The van der Waals surface area contributed by atoms with Gasteiger partial charge in [0.15, 0.2) is 0 Å². The van der Waals surface area contributed by atoms with E-state index in [-0.39, 0.29) is 5.56 Å². The standard InChI is InChI=1S/C15H13F4N/c1-9-3-4-14(20(10(9)2)8-15(18)19)11-5-12(16)7-13(17)6-11/h3-7,15H,2,8H2,1H3. The van der Waals surface area contributed by atoms with Crippen LogP contribution in [0.1, 0.15) is 12.5 Å². The Hall–Kier alpha value is -2.04. The van der Waals surface area contributed by atoms with Crippen molar-refractivity contribution in [3.63, 3.8) is 0 Å². The Bertz CT molecular complexity index is 582. The van der Waals surface area contributed by atoms with Crippen LogP contribution in [-0.2, 0) is 0 Å². The van der Waals surface area contributed by atoms with Crippen molar-refractivity contribution < 1.29 is 17.6 Å². The number of halogens is 4. The largest absolute Gasteiger partial charge is 0.336 e. The summed E-state index contributed by atoms with van der Waals surface area (Å²) in [6.45, 7) is 4.91. The van der Waals surface area contributed by atoms with E-state index in [4.69, 9.17) is 0 Å². The summed E-state index contributed by atoms with van der Waals surface area (Å²) in [4.78, 5) is 1.27. The molecule has 0 spiro atoms. The smallest absolute Gasteiger partial charge is 0.256 e. The van der Waals surface area contributed by atoms with E-state index >= 15 is 0 Å². The van der Waals surface area contributed by atoms with Crippen molar-refractivity contribution in [3.8, 4) is 0 Å². The predicted molar refractivity (Wildman–Crippen MR) is 69.9 cm³/mol. The van der Waals surface area contributed by atoms with E-state index in [2.05, 4.69) is 6.58 Å². The molecule has 1 aliphatic rings. The van der Waals surface area contributed by atoms with Crippen LogP contribution in [0, 0.1) is 11.6 Å². The van der Waals surface area contributed by atoms with E-state index in [1.807, 2.05) is 0 Å². The first-order valence-electron chi connectivity index (χ1n) is 5.98. The van der Waals surface area contributed by atoms with Crippen LogP contribution in [0.25, 0.3) is 5.70 Å². The van der Waals surface area contributed by atoms with E-state index in [0.29, 0.717) is 11.4 Å². The third kappa shape index (κ3) is 2.92. The lowest BCUT2D eigenvalue weighted by molar-refractivity contribution is 0.123. The molecule has 0 bridgehead atoms. The first-order valence-corrected chi connectivity index (χ1v) is 5.98. The van der Waals surface area contributed by atoms with Crippen LogP contribution in [0.3, 0.4) is 0 Å². The van der Waals surface area contributed by atoms with Crippen LogP contribution in [0.15, 0.2) is 48.2 Å². The number of nitrogens with zero attached hydrogens (tertiary/aromatic N) is 1. The minimum absolute atomic E-state index is 0.202. The Morgan fingerprint density at radius 3 is 2.25 bits per heavy atom. The molecule has 20 heavy (non-hydrogen) atoms. The van der Waals surface area contributed by atoms with Crippen LogP contribution in [0.5, 0.6) is 0 Å². The van der Waals surface area contributed by atoms with Crippen LogP contribution in [0.4, 0.5) is 17.6 Å². The topological polar surface area (TPSA) is 3.24 Å². The molecule has 0 amide bonds. The van der Waals surface area contributed by atoms with E-state index in [1.165, 1.54) is 4.90 Å². The summed E-state index contributed by atoms with van der Waals surface area (Å²) in [6, 6.07) is 2.95. The van der Waals surface area contributed by atoms with Crippen LogP contribution in [0.2, 0.25) is 0 Å². The zero-order valence-electron chi connectivity index (χ0n) is 10.8. The third-order valence-corrected chi connectivity index (χ3v) is 3.04. The van der Waals surface area contributed by atoms with Gasteiger partial charge in [-0.3, -0.25) is 0 Å². The van der Waals surface area contributed by atoms with Crippen molar-refractivity contribution in [1.82, 2.24) is 4.90 Å². The van der Waals surface area contributed by atoms with Crippen LogP contribution in [-0.4, -0.2) is 17.9 Å². The van der Waals surface area contributed by atoms with Gasteiger partial charge < -0.3 is 4.90 Å². The Kier molecular flexibility index (Phi) is 3.97. The van der Waals surface area contributed by atoms with Gasteiger partial charge >= 0.3 is 0 Å². The summed E-state index contributed by atoms with van der Waals surface area (Å²) >= 11 is 0. The quantitative estimate of drug-likeness (QED) is 0.746. The van der Waals surface area contributed by atoms with E-state index < -0.39 is 24.6 Å². The fourth-order valence-electron chi connectivity index (χ4n) is 2.05. The molecule has 1 aliphatic heterocycles. The SMILES string of the molecule is C=C1C(C)=CC=C(c2cc(F)cc(F)c2)N1CC(F)F. The molecular weight excluding hydrogens is 270 g/mol. The second kappa shape index (κ2) is 5.53. The van der Waals surface area contributed by atoms with Gasteiger partial charge in [-0.25, -0.2) is 17.6 Å². The molecule has 0 N–H and O–H groups in total. The second-order valence-corrected chi connectivity index (χ2v) is 4.51. The molecule has 0 saturated heterocycles. The molecule has 0 aromatic heterocycles. The molecule has 2 rings (SSSR count). The maximum atomic E-state index is 13.3. The number of allylic oxidation sites excluding steroid dienone is 3. The zero-order chi connectivity index (χ0) is 14.9. The van der Waals surface area contributed by atoms with Gasteiger partial charge in [-0.2, -0.15) is 0 Å². The Morgan fingerprint density at radius 2 is 1.70 bits per heavy atom. The average Bonchev–Trinajstić information content (AvgIpc) is 2.33. The highest BCUT2D eigenvalue weighted by Gasteiger charge is 2.23. The molecule has 1 aromatic carbocycles. The predicted octanol–water partition coefficient (Wildman–Crippen LogP) is 4.35. The van der Waals surface area contributed by atoms with Gasteiger partial charge in [-0.15, -0.1) is 0 Å². The van der Waals surface area contributed by atoms with Gasteiger partial charge in [0, 0.05) is 23.0 Å². The van der Waals surface area contributed by atoms with Crippen molar-refractivity contribution in [2.45, 2.75) is 13.3 Å². The fourth-order valence-corrected chi connectivity index (χ4v) is 2.05. The van der Waals surface area contributed by atoms with Gasteiger partial charge in [0.25, 0.3) is 6.43 Å². The molecule has 106 valence electrons. The average molecular weight is 283 g/mol. The molecule has 0 fully saturated rings. The lowest BCUT2D eigenvalue weighted by atomic mass is 10.0. The van der Waals surface area contributed by atoms with Gasteiger partial charge in [0.2, 0.25) is 0 Å². The molecule has 5 heteroatoms. The summed E-state index contributed by atoms with van der Waals surface area (Å²) < 4.78 is 51.9. The summed E-state index contributed by atoms with van der Waals surface area (Å²) in [5.74, 6) is -1.51. The van der Waals surface area contributed by atoms with E-state index in [9.17, 15) is 17.6 Å². The van der Waals surface area contributed by atoms with Gasteiger partial charge in [-0.1, -0.05) is 12.7 Å². The molecule has 0 radical (unpaired) electrons.